The molecule has 0 heterocycles. The van der Waals surface area contributed by atoms with Crippen molar-refractivity contribution in [3.8, 4) is 0 Å². The molecule has 1 aliphatic carbocycles. The van der Waals surface area contributed by atoms with E-state index in [2.05, 4.69) is 107 Å². The van der Waals surface area contributed by atoms with Gasteiger partial charge >= 0.3 is 0 Å². The molecule has 0 N–H and O–H groups in total. The molecule has 1 saturated carbocycles. The first-order chi connectivity index (χ1) is 14.1. The van der Waals surface area contributed by atoms with Gasteiger partial charge in [0.15, 0.2) is 0 Å². The maximum Gasteiger partial charge on any atom is 0.0652 e. The van der Waals surface area contributed by atoms with Crippen molar-refractivity contribution in [2.75, 3.05) is 38.0 Å². The molecule has 1 aliphatic rings. The molecule has 2 atom stereocenters. The van der Waals surface area contributed by atoms with Crippen LogP contribution >= 0.6 is 0 Å². The van der Waals surface area contributed by atoms with Crippen LogP contribution in [0.1, 0.15) is 44.7 Å². The molecular formula is C26H36N4. The molecule has 0 unspecified atom stereocenters. The second kappa shape index (κ2) is 8.63. The van der Waals surface area contributed by atoms with Crippen LogP contribution in [0, 0.1) is 5.41 Å². The summed E-state index contributed by atoms with van der Waals surface area (Å²) >= 11 is 0. The third kappa shape index (κ3) is 4.58. The normalized spacial score (nSPS) is 23.4. The Bertz CT molecular complexity index is 892. The molecule has 1 fully saturated rings. The molecule has 30 heavy (non-hydrogen) atoms. The van der Waals surface area contributed by atoms with E-state index in [1.54, 1.807) is 0 Å². The highest BCUT2D eigenvalue weighted by atomic mass is 15.1. The average molecular weight is 405 g/mol. The van der Waals surface area contributed by atoms with E-state index in [1.807, 2.05) is 12.4 Å². The Balaban J connectivity index is 1.71. The van der Waals surface area contributed by atoms with Crippen LogP contribution in [-0.2, 0) is 0 Å². The predicted octanol–water partition coefficient (Wildman–Crippen LogP) is 5.30. The number of nitrogens with zero attached hydrogens (tertiary/aromatic N) is 4. The van der Waals surface area contributed by atoms with Crippen molar-refractivity contribution < 1.29 is 0 Å². The van der Waals surface area contributed by atoms with Crippen molar-refractivity contribution in [2.24, 2.45) is 15.4 Å². The van der Waals surface area contributed by atoms with E-state index in [0.29, 0.717) is 0 Å². The lowest BCUT2D eigenvalue weighted by molar-refractivity contribution is 0.211. The minimum Gasteiger partial charge on any atom is -0.378 e. The Kier molecular flexibility index (Phi) is 6.35. The first kappa shape index (κ1) is 22.1. The molecule has 3 rings (SSSR count). The Morgan fingerprint density at radius 1 is 0.767 bits per heavy atom. The highest BCUT2D eigenvalue weighted by molar-refractivity contribution is 5.81. The number of anilines is 2. The fourth-order valence-corrected chi connectivity index (χ4v) is 4.06. The Labute approximate surface area is 182 Å². The van der Waals surface area contributed by atoms with Crippen LogP contribution in [-0.4, -0.2) is 52.2 Å². The Hall–Kier alpha value is -2.62. The molecule has 0 spiro atoms. The fraction of sp³-hybridized carbons (Fsp3) is 0.462. The van der Waals surface area contributed by atoms with Gasteiger partial charge in [0, 0.05) is 57.4 Å². The van der Waals surface area contributed by atoms with Crippen molar-refractivity contribution in [1.82, 2.24) is 0 Å². The highest BCUT2D eigenvalue weighted by Gasteiger charge is 2.51. The van der Waals surface area contributed by atoms with Crippen molar-refractivity contribution in [3.05, 3.63) is 59.7 Å². The second-order valence-corrected chi connectivity index (χ2v) is 9.56. The summed E-state index contributed by atoms with van der Waals surface area (Å²) in [6.45, 7) is 6.90. The second-order valence-electron chi connectivity index (χ2n) is 9.56. The van der Waals surface area contributed by atoms with Gasteiger partial charge in [-0.1, -0.05) is 38.1 Å². The van der Waals surface area contributed by atoms with Crippen LogP contribution in [0.2, 0.25) is 0 Å². The van der Waals surface area contributed by atoms with Gasteiger partial charge in [-0.05, 0) is 55.2 Å². The van der Waals surface area contributed by atoms with Crippen LogP contribution in [0.15, 0.2) is 58.5 Å². The number of hydrogen-bond acceptors (Lipinski definition) is 4. The summed E-state index contributed by atoms with van der Waals surface area (Å²) in [6.07, 6.45) is 6.18. The van der Waals surface area contributed by atoms with E-state index in [9.17, 15) is 0 Å². The molecule has 0 saturated heterocycles. The maximum absolute atomic E-state index is 5.07. The molecular weight excluding hydrogens is 368 g/mol. The van der Waals surface area contributed by atoms with Gasteiger partial charge in [-0.3, -0.25) is 9.98 Å². The minimum absolute atomic E-state index is 0.00679. The molecule has 2 aromatic carbocycles. The van der Waals surface area contributed by atoms with Gasteiger partial charge in [0.2, 0.25) is 0 Å². The smallest absolute Gasteiger partial charge is 0.0652 e. The summed E-state index contributed by atoms with van der Waals surface area (Å²) in [5, 5.41) is 0. The zero-order valence-electron chi connectivity index (χ0n) is 19.6. The van der Waals surface area contributed by atoms with Gasteiger partial charge in [0.25, 0.3) is 0 Å². The molecule has 0 aliphatic heterocycles. The van der Waals surface area contributed by atoms with Gasteiger partial charge < -0.3 is 9.80 Å². The molecule has 0 radical (unpaired) electrons. The fourth-order valence-electron chi connectivity index (χ4n) is 4.06. The molecule has 0 aromatic heterocycles. The number of aliphatic imine (C=N–C) groups is 2. The van der Waals surface area contributed by atoms with Gasteiger partial charge in [0.1, 0.15) is 0 Å². The van der Waals surface area contributed by atoms with Crippen LogP contribution in [0.5, 0.6) is 0 Å². The summed E-state index contributed by atoms with van der Waals surface area (Å²) in [4.78, 5) is 14.3. The van der Waals surface area contributed by atoms with E-state index < -0.39 is 0 Å². The Morgan fingerprint density at radius 3 is 1.70 bits per heavy atom. The monoisotopic (exact) mass is 404 g/mol. The van der Waals surface area contributed by atoms with Gasteiger partial charge in [-0.2, -0.15) is 0 Å². The number of benzene rings is 2. The van der Waals surface area contributed by atoms with E-state index in [-0.39, 0.29) is 17.0 Å². The third-order valence-electron chi connectivity index (χ3n) is 6.85. The molecule has 4 nitrogen and oxygen atoms in total. The zero-order chi connectivity index (χ0) is 21.9. The van der Waals surface area contributed by atoms with Crippen LogP contribution in [0.25, 0.3) is 0 Å². The van der Waals surface area contributed by atoms with Crippen molar-refractivity contribution in [1.29, 1.82) is 0 Å². The number of rotatable bonds is 6. The number of hydrogen-bond donors (Lipinski definition) is 0. The Morgan fingerprint density at radius 2 is 1.23 bits per heavy atom. The zero-order valence-corrected chi connectivity index (χ0v) is 19.6. The molecule has 4 heteroatoms. The first-order valence-corrected chi connectivity index (χ1v) is 10.8. The van der Waals surface area contributed by atoms with Crippen molar-refractivity contribution >= 4 is 23.8 Å². The van der Waals surface area contributed by atoms with E-state index in [4.69, 9.17) is 9.98 Å². The third-order valence-corrected chi connectivity index (χ3v) is 6.85. The molecule has 0 bridgehead atoms. The van der Waals surface area contributed by atoms with E-state index >= 15 is 0 Å². The highest BCUT2D eigenvalue weighted by Crippen LogP contribution is 2.49. The van der Waals surface area contributed by atoms with Crippen LogP contribution < -0.4 is 9.80 Å². The van der Waals surface area contributed by atoms with Crippen molar-refractivity contribution in [2.45, 2.75) is 45.2 Å². The lowest BCUT2D eigenvalue weighted by Gasteiger charge is -2.37. The maximum atomic E-state index is 5.07. The van der Waals surface area contributed by atoms with Gasteiger partial charge in [-0.25, -0.2) is 0 Å². The average Bonchev–Trinajstić information content (AvgIpc) is 2.94. The first-order valence-electron chi connectivity index (χ1n) is 10.8. The SMILES string of the molecule is CN(C)c1ccc(C=N[C@H]2CC[C@@](C)(N=Cc3ccc(N(C)C)cc3)C2(C)C)cc1. The molecule has 0 amide bonds. The van der Waals surface area contributed by atoms with Crippen LogP contribution in [0.3, 0.4) is 0 Å². The summed E-state index contributed by atoms with van der Waals surface area (Å²) in [6, 6.07) is 17.4. The quantitative estimate of drug-likeness (QED) is 0.612. The summed E-state index contributed by atoms with van der Waals surface area (Å²) in [5.41, 5.74) is 4.57. The minimum atomic E-state index is -0.121. The van der Waals surface area contributed by atoms with Crippen molar-refractivity contribution in [3.63, 3.8) is 0 Å². The van der Waals surface area contributed by atoms with E-state index in [1.165, 1.54) is 11.4 Å². The lowest BCUT2D eigenvalue weighted by Crippen LogP contribution is -2.40. The lowest BCUT2D eigenvalue weighted by atomic mass is 9.74. The van der Waals surface area contributed by atoms with E-state index in [0.717, 1.165) is 24.0 Å². The van der Waals surface area contributed by atoms with Crippen LogP contribution in [0.4, 0.5) is 11.4 Å². The van der Waals surface area contributed by atoms with Gasteiger partial charge in [-0.15, -0.1) is 0 Å². The molecule has 160 valence electrons. The summed E-state index contributed by atoms with van der Waals surface area (Å²) in [7, 11) is 8.23. The largest absolute Gasteiger partial charge is 0.378 e. The standard InChI is InChI=1S/C26H36N4/c1-25(2)24(27-18-20-8-12-22(13-9-20)29(4)5)16-17-26(25,3)28-19-21-10-14-23(15-11-21)30(6)7/h8-15,18-19,24H,16-17H2,1-7H3/t24-,26+/m0/s1. The topological polar surface area (TPSA) is 31.2 Å². The predicted molar refractivity (Wildman–Crippen MR) is 132 cm³/mol. The summed E-state index contributed by atoms with van der Waals surface area (Å²) in [5.74, 6) is 0. The molecule has 2 aromatic rings. The van der Waals surface area contributed by atoms with Gasteiger partial charge in [0.05, 0.1) is 11.6 Å². The summed E-state index contributed by atoms with van der Waals surface area (Å²) < 4.78 is 0.